The quantitative estimate of drug-likeness (QED) is 0.349. The van der Waals surface area contributed by atoms with E-state index >= 15 is 0 Å². The van der Waals surface area contributed by atoms with Gasteiger partial charge in [-0.3, -0.25) is 14.5 Å². The Balaban J connectivity index is 1.63. The molecule has 3 aromatic rings. The van der Waals surface area contributed by atoms with Gasteiger partial charge in [-0.1, -0.05) is 39.7 Å². The Hall–Kier alpha value is -2.28. The lowest BCUT2D eigenvalue weighted by atomic mass is 10.2. The van der Waals surface area contributed by atoms with Crippen molar-refractivity contribution in [1.29, 1.82) is 0 Å². The first-order chi connectivity index (χ1) is 14.7. The number of amides is 2. The van der Waals surface area contributed by atoms with Gasteiger partial charge in [-0.05, 0) is 91.7 Å². The van der Waals surface area contributed by atoms with Gasteiger partial charge in [0.25, 0.3) is 11.1 Å². The number of thioether (sulfide) groups is 1. The largest absolute Gasteiger partial charge is 0.318 e. The number of carbonyl (C=O) groups is 2. The lowest BCUT2D eigenvalue weighted by molar-refractivity contribution is -0.123. The topological polar surface area (TPSA) is 42.3 Å². The average molecular weight is 516 g/mol. The third kappa shape index (κ3) is 4.38. The summed E-state index contributed by atoms with van der Waals surface area (Å²) in [6, 6.07) is 15.4. The van der Waals surface area contributed by atoms with Crippen LogP contribution in [0.3, 0.4) is 0 Å². The van der Waals surface area contributed by atoms with Crippen LogP contribution in [0.15, 0.2) is 57.9 Å². The number of hydrogen-bond acceptors (Lipinski definition) is 3. The van der Waals surface area contributed by atoms with Crippen molar-refractivity contribution in [2.24, 2.45) is 0 Å². The number of rotatable bonds is 4. The second-order valence-electron chi connectivity index (χ2n) is 7.49. The van der Waals surface area contributed by atoms with E-state index in [9.17, 15) is 9.59 Å². The number of halogens is 2. The van der Waals surface area contributed by atoms with Crippen LogP contribution in [0, 0.1) is 20.8 Å². The minimum absolute atomic E-state index is 0.233. The van der Waals surface area contributed by atoms with Crippen molar-refractivity contribution in [2.75, 3.05) is 0 Å². The molecule has 0 atom stereocenters. The Bertz CT molecular complexity index is 1230. The highest BCUT2D eigenvalue weighted by Crippen LogP contribution is 2.35. The van der Waals surface area contributed by atoms with Gasteiger partial charge >= 0.3 is 0 Å². The van der Waals surface area contributed by atoms with E-state index in [1.54, 1.807) is 12.1 Å². The van der Waals surface area contributed by atoms with E-state index in [4.69, 9.17) is 11.6 Å². The molecule has 2 amide bonds. The van der Waals surface area contributed by atoms with E-state index in [2.05, 4.69) is 39.6 Å². The molecule has 4 rings (SSSR count). The Morgan fingerprint density at radius 1 is 1.03 bits per heavy atom. The lowest BCUT2D eigenvalue weighted by Gasteiger charge is -2.12. The molecule has 7 heteroatoms. The van der Waals surface area contributed by atoms with Gasteiger partial charge in [0.2, 0.25) is 0 Å². The molecule has 0 N–H and O–H groups in total. The molecule has 0 bridgehead atoms. The summed E-state index contributed by atoms with van der Waals surface area (Å²) in [5.74, 6) is -0.269. The number of benzene rings is 2. The van der Waals surface area contributed by atoms with Crippen molar-refractivity contribution < 1.29 is 9.59 Å². The number of imide groups is 1. The maximum absolute atomic E-state index is 12.9. The normalized spacial score (nSPS) is 15.4. The van der Waals surface area contributed by atoms with Gasteiger partial charge in [-0.15, -0.1) is 0 Å². The predicted molar refractivity (Wildman–Crippen MR) is 131 cm³/mol. The Labute approximate surface area is 199 Å². The first-order valence-corrected chi connectivity index (χ1v) is 11.7. The van der Waals surface area contributed by atoms with E-state index < -0.39 is 0 Å². The summed E-state index contributed by atoms with van der Waals surface area (Å²) in [5, 5.41) is 0.359. The molecule has 0 aliphatic carbocycles. The SMILES string of the molecule is Cc1cc(-n2c(C)cc(/C=C3\SC(=O)N(Cc4ccc(Cl)cc4)C3=O)c2C)ccc1Br. The van der Waals surface area contributed by atoms with Crippen LogP contribution < -0.4 is 0 Å². The highest BCUT2D eigenvalue weighted by atomic mass is 79.9. The Morgan fingerprint density at radius 2 is 1.74 bits per heavy atom. The first kappa shape index (κ1) is 21.9. The molecule has 1 aromatic heterocycles. The van der Waals surface area contributed by atoms with Crippen molar-refractivity contribution in [1.82, 2.24) is 9.47 Å². The van der Waals surface area contributed by atoms with Gasteiger partial charge in [0.15, 0.2) is 0 Å². The highest BCUT2D eigenvalue weighted by molar-refractivity contribution is 9.10. The van der Waals surface area contributed by atoms with Crippen LogP contribution in [0.1, 0.15) is 28.1 Å². The number of aromatic nitrogens is 1. The van der Waals surface area contributed by atoms with Crippen LogP contribution in [-0.4, -0.2) is 20.6 Å². The summed E-state index contributed by atoms with van der Waals surface area (Å²) >= 11 is 10.4. The molecule has 31 heavy (non-hydrogen) atoms. The summed E-state index contributed by atoms with van der Waals surface area (Å²) in [5.41, 5.74) is 6.07. The van der Waals surface area contributed by atoms with E-state index in [-0.39, 0.29) is 17.7 Å². The molecule has 158 valence electrons. The maximum atomic E-state index is 12.9. The maximum Gasteiger partial charge on any atom is 0.293 e. The summed E-state index contributed by atoms with van der Waals surface area (Å²) in [6.45, 7) is 6.35. The van der Waals surface area contributed by atoms with Gasteiger partial charge < -0.3 is 4.57 Å². The molecule has 1 fully saturated rings. The fourth-order valence-electron chi connectivity index (χ4n) is 3.65. The first-order valence-electron chi connectivity index (χ1n) is 9.70. The molecule has 0 saturated carbocycles. The molecular weight excluding hydrogens is 496 g/mol. The third-order valence-electron chi connectivity index (χ3n) is 5.28. The average Bonchev–Trinajstić information content (AvgIpc) is 3.15. The minimum atomic E-state index is -0.269. The Morgan fingerprint density at radius 3 is 2.42 bits per heavy atom. The Kier molecular flexibility index (Phi) is 6.15. The van der Waals surface area contributed by atoms with Gasteiger partial charge in [0, 0.05) is 26.6 Å². The summed E-state index contributed by atoms with van der Waals surface area (Å²) in [7, 11) is 0. The van der Waals surface area contributed by atoms with Gasteiger partial charge in [0.05, 0.1) is 11.4 Å². The van der Waals surface area contributed by atoms with E-state index in [1.807, 2.05) is 44.2 Å². The smallest absolute Gasteiger partial charge is 0.293 e. The van der Waals surface area contributed by atoms with Crippen LogP contribution in [-0.2, 0) is 11.3 Å². The third-order valence-corrected chi connectivity index (χ3v) is 7.33. The molecule has 0 unspecified atom stereocenters. The minimum Gasteiger partial charge on any atom is -0.318 e. The summed E-state index contributed by atoms with van der Waals surface area (Å²) < 4.78 is 3.22. The zero-order valence-corrected chi connectivity index (χ0v) is 20.4. The molecule has 1 saturated heterocycles. The molecule has 2 aromatic carbocycles. The van der Waals surface area contributed by atoms with Crippen LogP contribution in [0.2, 0.25) is 5.02 Å². The van der Waals surface area contributed by atoms with Crippen LogP contribution in [0.4, 0.5) is 4.79 Å². The lowest BCUT2D eigenvalue weighted by Crippen LogP contribution is -2.27. The number of carbonyl (C=O) groups excluding carboxylic acids is 2. The zero-order chi connectivity index (χ0) is 22.3. The van der Waals surface area contributed by atoms with Crippen molar-refractivity contribution in [3.8, 4) is 5.69 Å². The van der Waals surface area contributed by atoms with E-state index in [0.29, 0.717) is 9.93 Å². The van der Waals surface area contributed by atoms with Crippen molar-refractivity contribution in [2.45, 2.75) is 27.3 Å². The molecule has 1 aliphatic rings. The molecule has 2 heterocycles. The standard InChI is InChI=1S/C24H20BrClN2O2S/c1-14-10-20(8-9-21(14)25)28-15(2)11-18(16(28)3)12-22-23(29)27(24(30)31-22)13-17-4-6-19(26)7-5-17/h4-12H,13H2,1-3H3/b22-12-. The fraction of sp³-hybridized carbons (Fsp3) is 0.167. The van der Waals surface area contributed by atoms with E-state index in [0.717, 1.165) is 50.0 Å². The second-order valence-corrected chi connectivity index (χ2v) is 9.77. The molecule has 0 radical (unpaired) electrons. The summed E-state index contributed by atoms with van der Waals surface area (Å²) in [6.07, 6.45) is 1.82. The molecular formula is C24H20BrClN2O2S. The second kappa shape index (κ2) is 8.69. The van der Waals surface area contributed by atoms with E-state index in [1.165, 1.54) is 4.90 Å². The van der Waals surface area contributed by atoms with Crippen LogP contribution in [0.25, 0.3) is 11.8 Å². The monoisotopic (exact) mass is 514 g/mol. The number of hydrogen-bond donors (Lipinski definition) is 0. The van der Waals surface area contributed by atoms with Crippen molar-refractivity contribution in [3.63, 3.8) is 0 Å². The number of nitrogens with zero attached hydrogens (tertiary/aromatic N) is 2. The van der Waals surface area contributed by atoms with Crippen LogP contribution in [0.5, 0.6) is 0 Å². The van der Waals surface area contributed by atoms with Crippen LogP contribution >= 0.6 is 39.3 Å². The highest BCUT2D eigenvalue weighted by Gasteiger charge is 2.35. The van der Waals surface area contributed by atoms with Crippen molar-refractivity contribution in [3.05, 3.63) is 91.0 Å². The summed E-state index contributed by atoms with van der Waals surface area (Å²) in [4.78, 5) is 27.1. The fourth-order valence-corrected chi connectivity index (χ4v) is 4.85. The zero-order valence-electron chi connectivity index (χ0n) is 17.3. The van der Waals surface area contributed by atoms with Gasteiger partial charge in [-0.25, -0.2) is 0 Å². The molecule has 0 spiro atoms. The van der Waals surface area contributed by atoms with Crippen molar-refractivity contribution >= 4 is 56.5 Å². The molecule has 1 aliphatic heterocycles. The number of aryl methyl sites for hydroxylation is 2. The van der Waals surface area contributed by atoms with Gasteiger partial charge in [0.1, 0.15) is 0 Å². The van der Waals surface area contributed by atoms with Gasteiger partial charge in [-0.2, -0.15) is 0 Å². The molecule has 4 nitrogen and oxygen atoms in total. The predicted octanol–water partition coefficient (Wildman–Crippen LogP) is 7.05.